The van der Waals surface area contributed by atoms with E-state index in [1.807, 2.05) is 70.8 Å². The van der Waals surface area contributed by atoms with Crippen LogP contribution in [0.2, 0.25) is 0 Å². The summed E-state index contributed by atoms with van der Waals surface area (Å²) >= 11 is 1.32. The van der Waals surface area contributed by atoms with Gasteiger partial charge < -0.3 is 14.6 Å². The summed E-state index contributed by atoms with van der Waals surface area (Å²) in [6.45, 7) is 1.87. The van der Waals surface area contributed by atoms with Crippen molar-refractivity contribution in [2.75, 3.05) is 18.2 Å². The molecule has 0 radical (unpaired) electrons. The van der Waals surface area contributed by atoms with Gasteiger partial charge in [0.2, 0.25) is 5.91 Å². The number of nitrogens with zero attached hydrogens (tertiary/aromatic N) is 5. The molecule has 1 N–H and O–H groups in total. The second-order valence-electron chi connectivity index (χ2n) is 6.39. The summed E-state index contributed by atoms with van der Waals surface area (Å²) in [5.41, 5.74) is 2.44. The fraction of sp³-hybridized carbons (Fsp3) is 0.143. The number of thioether (sulfide) groups is 1. The molecule has 4 rings (SSSR count). The van der Waals surface area contributed by atoms with Crippen LogP contribution in [-0.2, 0) is 4.79 Å². The van der Waals surface area contributed by atoms with Crippen LogP contribution >= 0.6 is 11.8 Å². The first-order valence-electron chi connectivity index (χ1n) is 9.22. The Morgan fingerprint density at radius 3 is 2.83 bits per heavy atom. The number of rotatable bonds is 7. The van der Waals surface area contributed by atoms with Crippen LogP contribution in [0.25, 0.3) is 11.4 Å². The van der Waals surface area contributed by atoms with E-state index in [2.05, 4.69) is 20.5 Å². The van der Waals surface area contributed by atoms with Gasteiger partial charge in [0.1, 0.15) is 11.6 Å². The molecule has 2 aromatic carbocycles. The predicted molar refractivity (Wildman–Crippen MR) is 116 cm³/mol. The van der Waals surface area contributed by atoms with Gasteiger partial charge in [-0.15, -0.1) is 10.2 Å². The topological polar surface area (TPSA) is 86.9 Å². The third-order valence-corrected chi connectivity index (χ3v) is 5.33. The van der Waals surface area contributed by atoms with Crippen LogP contribution < -0.4 is 10.1 Å². The number of para-hydroxylation sites is 2. The fourth-order valence-corrected chi connectivity index (χ4v) is 3.80. The number of nitrogens with one attached hydrogen (secondary N) is 1. The van der Waals surface area contributed by atoms with Gasteiger partial charge in [0.25, 0.3) is 0 Å². The summed E-state index contributed by atoms with van der Waals surface area (Å²) in [5, 5.41) is 12.0. The van der Waals surface area contributed by atoms with Crippen molar-refractivity contribution in [1.82, 2.24) is 24.3 Å². The van der Waals surface area contributed by atoms with Crippen molar-refractivity contribution in [1.29, 1.82) is 0 Å². The molecule has 0 aliphatic heterocycles. The Hall–Kier alpha value is -3.59. The first-order chi connectivity index (χ1) is 14.7. The Morgan fingerprint density at radius 1 is 1.17 bits per heavy atom. The van der Waals surface area contributed by atoms with Crippen LogP contribution in [0, 0.1) is 6.92 Å². The van der Waals surface area contributed by atoms with Crippen molar-refractivity contribution >= 4 is 23.4 Å². The third kappa shape index (κ3) is 4.20. The molecule has 2 heterocycles. The van der Waals surface area contributed by atoms with Crippen molar-refractivity contribution in [3.05, 3.63) is 73.1 Å². The number of anilines is 1. The van der Waals surface area contributed by atoms with Crippen molar-refractivity contribution in [3.63, 3.8) is 0 Å². The van der Waals surface area contributed by atoms with Gasteiger partial charge in [-0.1, -0.05) is 30.0 Å². The molecule has 0 spiro atoms. The van der Waals surface area contributed by atoms with E-state index in [-0.39, 0.29) is 11.7 Å². The van der Waals surface area contributed by atoms with E-state index in [4.69, 9.17) is 4.74 Å². The smallest absolute Gasteiger partial charge is 0.234 e. The number of carbonyl (C=O) groups is 1. The van der Waals surface area contributed by atoms with Crippen molar-refractivity contribution in [2.45, 2.75) is 12.1 Å². The molecule has 0 fully saturated rings. The summed E-state index contributed by atoms with van der Waals surface area (Å²) in [6, 6.07) is 15.2. The lowest BCUT2D eigenvalue weighted by molar-refractivity contribution is -0.113. The second kappa shape index (κ2) is 8.83. The molecular formula is C21H20N6O2S. The molecule has 8 nitrogen and oxygen atoms in total. The van der Waals surface area contributed by atoms with Crippen LogP contribution in [0.5, 0.6) is 5.75 Å². The molecule has 30 heavy (non-hydrogen) atoms. The summed E-state index contributed by atoms with van der Waals surface area (Å²) in [6.07, 6.45) is 5.22. The predicted octanol–water partition coefficient (Wildman–Crippen LogP) is 3.50. The standard InChI is InChI=1S/C21H20N6O2S/c1-15-24-25-21(27(15)16-6-5-7-17(12-16)29-2)30-13-20(28)23-18-8-3-4-9-19(18)26-11-10-22-14-26/h3-12,14H,13H2,1-2H3,(H,23,28). The average molecular weight is 420 g/mol. The molecule has 4 aromatic rings. The minimum Gasteiger partial charge on any atom is -0.497 e. The first-order valence-corrected chi connectivity index (χ1v) is 10.2. The van der Waals surface area contributed by atoms with Crippen molar-refractivity contribution < 1.29 is 9.53 Å². The SMILES string of the molecule is COc1cccc(-n2c(C)nnc2SCC(=O)Nc2ccccc2-n2ccnc2)c1. The number of methoxy groups -OCH3 is 1. The third-order valence-electron chi connectivity index (χ3n) is 4.40. The van der Waals surface area contributed by atoms with Gasteiger partial charge in [0.05, 0.1) is 36.3 Å². The quantitative estimate of drug-likeness (QED) is 0.461. The molecule has 0 saturated heterocycles. The molecule has 0 unspecified atom stereocenters. The lowest BCUT2D eigenvalue weighted by Crippen LogP contribution is -2.16. The lowest BCUT2D eigenvalue weighted by atomic mass is 10.2. The molecule has 0 atom stereocenters. The number of amides is 1. The van der Waals surface area contributed by atoms with Gasteiger partial charge in [-0.2, -0.15) is 0 Å². The van der Waals surface area contributed by atoms with Gasteiger partial charge >= 0.3 is 0 Å². The number of imidazole rings is 1. The van der Waals surface area contributed by atoms with E-state index in [1.54, 1.807) is 19.6 Å². The number of aromatic nitrogens is 5. The van der Waals surface area contributed by atoms with Crippen LogP contribution in [0.1, 0.15) is 5.82 Å². The monoisotopic (exact) mass is 420 g/mol. The Morgan fingerprint density at radius 2 is 2.03 bits per heavy atom. The van der Waals surface area contributed by atoms with Gasteiger partial charge in [-0.3, -0.25) is 9.36 Å². The van der Waals surface area contributed by atoms with Gasteiger partial charge in [-0.05, 0) is 31.2 Å². The summed E-state index contributed by atoms with van der Waals surface area (Å²) in [7, 11) is 1.62. The zero-order valence-electron chi connectivity index (χ0n) is 16.5. The largest absolute Gasteiger partial charge is 0.497 e. The van der Waals surface area contributed by atoms with Gasteiger partial charge in [0, 0.05) is 18.5 Å². The lowest BCUT2D eigenvalue weighted by Gasteiger charge is -2.12. The Kier molecular flexibility index (Phi) is 5.80. The highest BCUT2D eigenvalue weighted by molar-refractivity contribution is 7.99. The van der Waals surface area contributed by atoms with Crippen LogP contribution in [0.4, 0.5) is 5.69 Å². The van der Waals surface area contributed by atoms with E-state index >= 15 is 0 Å². The van der Waals surface area contributed by atoms with E-state index < -0.39 is 0 Å². The maximum atomic E-state index is 12.6. The number of hydrogen-bond donors (Lipinski definition) is 1. The van der Waals surface area contributed by atoms with Gasteiger partial charge in [0.15, 0.2) is 5.16 Å². The highest BCUT2D eigenvalue weighted by Gasteiger charge is 2.15. The number of benzene rings is 2. The molecule has 2 aromatic heterocycles. The number of ether oxygens (including phenoxy) is 1. The van der Waals surface area contributed by atoms with Crippen molar-refractivity contribution in [3.8, 4) is 17.1 Å². The van der Waals surface area contributed by atoms with Crippen LogP contribution in [0.15, 0.2) is 72.4 Å². The molecule has 0 aliphatic carbocycles. The zero-order valence-corrected chi connectivity index (χ0v) is 17.3. The van der Waals surface area contributed by atoms with Crippen LogP contribution in [-0.4, -0.2) is 43.1 Å². The zero-order chi connectivity index (χ0) is 20.9. The van der Waals surface area contributed by atoms with Crippen LogP contribution in [0.3, 0.4) is 0 Å². The van der Waals surface area contributed by atoms with E-state index in [9.17, 15) is 4.79 Å². The maximum Gasteiger partial charge on any atom is 0.234 e. The Balaban J connectivity index is 1.48. The minimum atomic E-state index is -0.134. The van der Waals surface area contributed by atoms with E-state index in [0.717, 1.165) is 22.9 Å². The minimum absolute atomic E-state index is 0.134. The fourth-order valence-electron chi connectivity index (χ4n) is 3.01. The molecular weight excluding hydrogens is 400 g/mol. The summed E-state index contributed by atoms with van der Waals surface area (Å²) < 4.78 is 9.06. The molecule has 9 heteroatoms. The molecule has 0 aliphatic rings. The summed E-state index contributed by atoms with van der Waals surface area (Å²) in [4.78, 5) is 16.7. The molecule has 152 valence electrons. The molecule has 0 bridgehead atoms. The Bertz CT molecular complexity index is 1160. The maximum absolute atomic E-state index is 12.6. The van der Waals surface area contributed by atoms with Gasteiger partial charge in [-0.25, -0.2) is 4.98 Å². The second-order valence-corrected chi connectivity index (χ2v) is 7.33. The van der Waals surface area contributed by atoms with E-state index in [1.165, 1.54) is 11.8 Å². The van der Waals surface area contributed by atoms with E-state index in [0.29, 0.717) is 10.8 Å². The molecule has 1 amide bonds. The first kappa shape index (κ1) is 19.7. The normalized spacial score (nSPS) is 10.7. The number of carbonyl (C=O) groups excluding carboxylic acids is 1. The van der Waals surface area contributed by atoms with Crippen molar-refractivity contribution in [2.24, 2.45) is 0 Å². The molecule has 0 saturated carbocycles. The number of aryl methyl sites for hydroxylation is 1. The highest BCUT2D eigenvalue weighted by atomic mass is 32.2. The average Bonchev–Trinajstić information content (AvgIpc) is 3.42. The number of hydrogen-bond acceptors (Lipinski definition) is 6. The highest BCUT2D eigenvalue weighted by Crippen LogP contribution is 2.25. The summed E-state index contributed by atoms with van der Waals surface area (Å²) in [5.74, 6) is 1.54. The Labute approximate surface area is 177 Å².